The molecule has 0 spiro atoms. The van der Waals surface area contributed by atoms with Crippen LogP contribution in [0.15, 0.2) is 42.5 Å². The number of hydrogen-bond acceptors (Lipinski definition) is 3. The van der Waals surface area contributed by atoms with Gasteiger partial charge in [-0.2, -0.15) is 0 Å². The van der Waals surface area contributed by atoms with Crippen molar-refractivity contribution in [1.82, 2.24) is 4.90 Å². The molecule has 4 heteroatoms. The average Bonchev–Trinajstić information content (AvgIpc) is 2.61. The van der Waals surface area contributed by atoms with Gasteiger partial charge in [0.15, 0.2) is 0 Å². The van der Waals surface area contributed by atoms with E-state index >= 15 is 0 Å². The third-order valence-corrected chi connectivity index (χ3v) is 3.91. The first kappa shape index (κ1) is 16.9. The fraction of sp³-hybridized carbons (Fsp3) is 0.316. The van der Waals surface area contributed by atoms with Gasteiger partial charge in [-0.3, -0.25) is 4.79 Å². The Bertz CT molecular complexity index is 678. The number of carbonyl (C=O) groups is 1. The van der Waals surface area contributed by atoms with E-state index < -0.39 is 0 Å². The van der Waals surface area contributed by atoms with Crippen LogP contribution in [0.25, 0.3) is 11.1 Å². The minimum absolute atomic E-state index is 0.0339. The first-order valence-electron chi connectivity index (χ1n) is 7.77. The summed E-state index contributed by atoms with van der Waals surface area (Å²) >= 11 is 0. The number of rotatable bonds is 6. The Morgan fingerprint density at radius 3 is 2.04 bits per heavy atom. The maximum Gasteiger partial charge on any atom is 0.258 e. The largest absolute Gasteiger partial charge is 0.496 e. The van der Waals surface area contributed by atoms with E-state index in [2.05, 4.69) is 0 Å². The standard InChI is InChI=1S/C19H23NO3/c1-5-20(6-2)19(21)18-15(11-9-13-17(18)23-4)14-10-7-8-12-16(14)22-3/h7-13H,5-6H2,1-4H3. The fourth-order valence-electron chi connectivity index (χ4n) is 2.68. The monoisotopic (exact) mass is 313 g/mol. The summed E-state index contributed by atoms with van der Waals surface area (Å²) in [5, 5.41) is 0. The van der Waals surface area contributed by atoms with Crippen LogP contribution in [-0.4, -0.2) is 38.1 Å². The predicted octanol–water partition coefficient (Wildman–Crippen LogP) is 3.85. The maximum atomic E-state index is 13.0. The Balaban J connectivity index is 2.67. The van der Waals surface area contributed by atoms with Crippen molar-refractivity contribution in [2.45, 2.75) is 13.8 Å². The third-order valence-electron chi connectivity index (χ3n) is 3.91. The number of benzene rings is 2. The van der Waals surface area contributed by atoms with E-state index in [0.29, 0.717) is 24.4 Å². The highest BCUT2D eigenvalue weighted by atomic mass is 16.5. The van der Waals surface area contributed by atoms with Crippen LogP contribution in [0.3, 0.4) is 0 Å². The highest BCUT2D eigenvalue weighted by molar-refractivity contribution is 6.04. The van der Waals surface area contributed by atoms with Gasteiger partial charge in [-0.25, -0.2) is 0 Å². The van der Waals surface area contributed by atoms with E-state index in [-0.39, 0.29) is 5.91 Å². The molecule has 0 bridgehead atoms. The molecule has 0 aliphatic rings. The lowest BCUT2D eigenvalue weighted by Crippen LogP contribution is -2.31. The van der Waals surface area contributed by atoms with Gasteiger partial charge in [0, 0.05) is 24.2 Å². The van der Waals surface area contributed by atoms with Gasteiger partial charge in [-0.05, 0) is 26.0 Å². The SMILES string of the molecule is CCN(CC)C(=O)c1c(OC)cccc1-c1ccccc1OC. The average molecular weight is 313 g/mol. The second-order valence-electron chi connectivity index (χ2n) is 5.06. The van der Waals surface area contributed by atoms with Gasteiger partial charge in [0.2, 0.25) is 0 Å². The minimum atomic E-state index is -0.0339. The van der Waals surface area contributed by atoms with Crippen LogP contribution in [0, 0.1) is 0 Å². The van der Waals surface area contributed by atoms with Gasteiger partial charge in [-0.1, -0.05) is 30.3 Å². The van der Waals surface area contributed by atoms with E-state index in [1.54, 1.807) is 19.1 Å². The summed E-state index contributed by atoms with van der Waals surface area (Å²) in [5.41, 5.74) is 2.27. The van der Waals surface area contributed by atoms with E-state index in [4.69, 9.17) is 9.47 Å². The van der Waals surface area contributed by atoms with Gasteiger partial charge in [0.05, 0.1) is 19.8 Å². The molecule has 0 aromatic heterocycles. The van der Waals surface area contributed by atoms with Crippen LogP contribution < -0.4 is 9.47 Å². The molecule has 0 saturated heterocycles. The number of nitrogens with zero attached hydrogens (tertiary/aromatic N) is 1. The zero-order chi connectivity index (χ0) is 16.8. The lowest BCUT2D eigenvalue weighted by molar-refractivity contribution is 0.0770. The molecule has 2 rings (SSSR count). The molecule has 4 nitrogen and oxygen atoms in total. The molecule has 122 valence electrons. The Hall–Kier alpha value is -2.49. The van der Waals surface area contributed by atoms with E-state index in [1.165, 1.54) is 0 Å². The number of methoxy groups -OCH3 is 2. The highest BCUT2D eigenvalue weighted by Crippen LogP contribution is 2.36. The molecular formula is C19H23NO3. The van der Waals surface area contributed by atoms with Gasteiger partial charge in [-0.15, -0.1) is 0 Å². The van der Waals surface area contributed by atoms with Crippen molar-refractivity contribution in [3.8, 4) is 22.6 Å². The molecular weight excluding hydrogens is 290 g/mol. The lowest BCUT2D eigenvalue weighted by atomic mass is 9.97. The molecule has 0 radical (unpaired) electrons. The van der Waals surface area contributed by atoms with Crippen molar-refractivity contribution < 1.29 is 14.3 Å². The molecule has 2 aromatic rings. The second kappa shape index (κ2) is 7.68. The van der Waals surface area contributed by atoms with Crippen LogP contribution in [0.4, 0.5) is 0 Å². The molecule has 2 aromatic carbocycles. The second-order valence-corrected chi connectivity index (χ2v) is 5.06. The molecule has 0 N–H and O–H groups in total. The quantitative estimate of drug-likeness (QED) is 0.813. The van der Waals surface area contributed by atoms with E-state index in [9.17, 15) is 4.79 Å². The van der Waals surface area contributed by atoms with Gasteiger partial charge in [0.25, 0.3) is 5.91 Å². The molecule has 0 aliphatic carbocycles. The number of carbonyl (C=O) groups excluding carboxylic acids is 1. The van der Waals surface area contributed by atoms with Gasteiger partial charge < -0.3 is 14.4 Å². The van der Waals surface area contributed by atoms with E-state index in [0.717, 1.165) is 16.9 Å². The van der Waals surface area contributed by atoms with Crippen molar-refractivity contribution in [3.63, 3.8) is 0 Å². The molecule has 0 atom stereocenters. The van der Waals surface area contributed by atoms with Crippen LogP contribution in [0.1, 0.15) is 24.2 Å². The molecule has 0 fully saturated rings. The summed E-state index contributed by atoms with van der Waals surface area (Å²) < 4.78 is 10.9. The Labute approximate surface area is 137 Å². The molecule has 0 aliphatic heterocycles. The smallest absolute Gasteiger partial charge is 0.258 e. The van der Waals surface area contributed by atoms with Crippen molar-refractivity contribution in [2.24, 2.45) is 0 Å². The van der Waals surface area contributed by atoms with E-state index in [1.807, 2.05) is 56.3 Å². The molecule has 23 heavy (non-hydrogen) atoms. The highest BCUT2D eigenvalue weighted by Gasteiger charge is 2.23. The Kier molecular flexibility index (Phi) is 5.63. The van der Waals surface area contributed by atoms with Crippen LogP contribution in [0.5, 0.6) is 11.5 Å². The predicted molar refractivity (Wildman–Crippen MR) is 92.2 cm³/mol. The molecule has 0 saturated carbocycles. The third kappa shape index (κ3) is 3.31. The molecule has 0 unspecified atom stereocenters. The van der Waals surface area contributed by atoms with Crippen molar-refractivity contribution in [3.05, 3.63) is 48.0 Å². The minimum Gasteiger partial charge on any atom is -0.496 e. The first-order valence-corrected chi connectivity index (χ1v) is 7.77. The summed E-state index contributed by atoms with van der Waals surface area (Å²) in [6.45, 7) is 5.25. The van der Waals surface area contributed by atoms with Crippen LogP contribution in [-0.2, 0) is 0 Å². The van der Waals surface area contributed by atoms with Crippen molar-refractivity contribution in [1.29, 1.82) is 0 Å². The lowest BCUT2D eigenvalue weighted by Gasteiger charge is -2.22. The number of para-hydroxylation sites is 1. The number of hydrogen-bond donors (Lipinski definition) is 0. The summed E-state index contributed by atoms with van der Waals surface area (Å²) in [6.07, 6.45) is 0. The van der Waals surface area contributed by atoms with Crippen molar-refractivity contribution in [2.75, 3.05) is 27.3 Å². The Morgan fingerprint density at radius 2 is 1.43 bits per heavy atom. The number of ether oxygens (including phenoxy) is 2. The van der Waals surface area contributed by atoms with Gasteiger partial charge in [0.1, 0.15) is 11.5 Å². The topological polar surface area (TPSA) is 38.8 Å². The molecule has 0 heterocycles. The van der Waals surface area contributed by atoms with Crippen molar-refractivity contribution >= 4 is 5.91 Å². The first-order chi connectivity index (χ1) is 11.2. The zero-order valence-corrected chi connectivity index (χ0v) is 14.1. The summed E-state index contributed by atoms with van der Waals surface area (Å²) in [6, 6.07) is 13.3. The normalized spacial score (nSPS) is 10.3. The zero-order valence-electron chi connectivity index (χ0n) is 14.1. The van der Waals surface area contributed by atoms with Crippen LogP contribution >= 0.6 is 0 Å². The maximum absolute atomic E-state index is 13.0. The fourth-order valence-corrected chi connectivity index (χ4v) is 2.68. The summed E-state index contributed by atoms with van der Waals surface area (Å²) in [7, 11) is 3.21. The summed E-state index contributed by atoms with van der Waals surface area (Å²) in [4.78, 5) is 14.8. The number of amides is 1. The van der Waals surface area contributed by atoms with Crippen LogP contribution in [0.2, 0.25) is 0 Å². The molecule has 1 amide bonds. The summed E-state index contributed by atoms with van der Waals surface area (Å²) in [5.74, 6) is 1.27. The Morgan fingerprint density at radius 1 is 0.870 bits per heavy atom. The van der Waals surface area contributed by atoms with Gasteiger partial charge >= 0.3 is 0 Å².